The van der Waals surface area contributed by atoms with Crippen molar-refractivity contribution in [1.82, 2.24) is 5.01 Å². The Morgan fingerprint density at radius 1 is 1.54 bits per heavy atom. The van der Waals surface area contributed by atoms with E-state index in [-0.39, 0.29) is 4.97 Å². The molecule has 78 valence electrons. The molecule has 0 aromatic rings. The van der Waals surface area contributed by atoms with Crippen LogP contribution in [0.2, 0.25) is 0 Å². The Morgan fingerprint density at radius 3 is 2.54 bits per heavy atom. The lowest BCUT2D eigenvalue weighted by Gasteiger charge is -2.17. The molecule has 0 aliphatic heterocycles. The van der Waals surface area contributed by atoms with Gasteiger partial charge < -0.3 is 16.1 Å². The first-order valence-corrected chi connectivity index (χ1v) is 4.39. The van der Waals surface area contributed by atoms with Crippen LogP contribution in [0.25, 0.3) is 0 Å². The van der Waals surface area contributed by atoms with Gasteiger partial charge in [0.05, 0.1) is 18.1 Å². The number of nitrogens with zero attached hydrogens (tertiary/aromatic N) is 3. The standard InChI is InChI=1S/C7H18N4O2/c1-7(2)3-5-10(6-4-8)11(13)9-12/h7,12H,3-6,8H2,1-2H3/b11-9-. The van der Waals surface area contributed by atoms with Gasteiger partial charge in [0.25, 0.3) is 0 Å². The molecule has 3 N–H and O–H groups in total. The van der Waals surface area contributed by atoms with Gasteiger partial charge >= 0.3 is 0 Å². The van der Waals surface area contributed by atoms with Gasteiger partial charge in [0, 0.05) is 6.54 Å². The van der Waals surface area contributed by atoms with Crippen LogP contribution in [0.5, 0.6) is 0 Å². The van der Waals surface area contributed by atoms with Gasteiger partial charge in [-0.25, -0.2) is 0 Å². The van der Waals surface area contributed by atoms with Crippen molar-refractivity contribution in [3.05, 3.63) is 5.21 Å². The van der Waals surface area contributed by atoms with Gasteiger partial charge in [-0.05, 0) is 12.3 Å². The molecular weight excluding hydrogens is 172 g/mol. The molecule has 0 radical (unpaired) electrons. The minimum Gasteiger partial charge on any atom is -0.569 e. The molecule has 0 aliphatic carbocycles. The summed E-state index contributed by atoms with van der Waals surface area (Å²) in [4.78, 5) is 0.176. The van der Waals surface area contributed by atoms with E-state index in [1.165, 1.54) is 5.01 Å². The Kier molecular flexibility index (Phi) is 5.96. The van der Waals surface area contributed by atoms with E-state index in [0.29, 0.717) is 25.6 Å². The predicted octanol–water partition coefficient (Wildman–Crippen LogP) is 0.560. The fourth-order valence-corrected chi connectivity index (χ4v) is 0.896. The van der Waals surface area contributed by atoms with E-state index < -0.39 is 0 Å². The molecule has 6 heteroatoms. The van der Waals surface area contributed by atoms with E-state index in [2.05, 4.69) is 19.1 Å². The molecule has 0 atom stereocenters. The summed E-state index contributed by atoms with van der Waals surface area (Å²) in [5.74, 6) is 0.507. The fourth-order valence-electron chi connectivity index (χ4n) is 0.896. The normalized spacial score (nSPS) is 12.2. The monoisotopic (exact) mass is 190 g/mol. The highest BCUT2D eigenvalue weighted by atomic mass is 16.6. The summed E-state index contributed by atoms with van der Waals surface area (Å²) in [5.41, 5.74) is 5.30. The van der Waals surface area contributed by atoms with E-state index in [9.17, 15) is 5.21 Å². The third-order valence-electron chi connectivity index (χ3n) is 1.67. The molecule has 0 rings (SSSR count). The van der Waals surface area contributed by atoms with E-state index >= 15 is 0 Å². The lowest BCUT2D eigenvalue weighted by Crippen LogP contribution is -2.36. The zero-order valence-electron chi connectivity index (χ0n) is 8.18. The molecule has 0 bridgehead atoms. The fraction of sp³-hybridized carbons (Fsp3) is 1.00. The van der Waals surface area contributed by atoms with Crippen LogP contribution < -0.4 is 5.73 Å². The SMILES string of the molecule is CC(C)CCN(CCN)/[N+]([O-])=N/O. The molecule has 0 aromatic carbocycles. The average Bonchev–Trinajstić information content (AvgIpc) is 2.10. The molecule has 0 unspecified atom stereocenters. The third kappa shape index (κ3) is 5.24. The van der Waals surface area contributed by atoms with E-state index in [0.717, 1.165) is 6.42 Å². The Bertz CT molecular complexity index is 161. The summed E-state index contributed by atoms with van der Waals surface area (Å²) in [5, 5.41) is 23.0. The van der Waals surface area contributed by atoms with Crippen molar-refractivity contribution in [3.8, 4) is 0 Å². The lowest BCUT2D eigenvalue weighted by atomic mass is 10.1. The first kappa shape index (κ1) is 12.0. The maximum Gasteiger partial charge on any atom is 0.230 e. The van der Waals surface area contributed by atoms with E-state index in [1.807, 2.05) is 0 Å². The van der Waals surface area contributed by atoms with Gasteiger partial charge in [-0.1, -0.05) is 13.8 Å². The minimum atomic E-state index is 0.176. The van der Waals surface area contributed by atoms with Crippen molar-refractivity contribution in [2.75, 3.05) is 19.6 Å². The van der Waals surface area contributed by atoms with Crippen LogP contribution in [0.1, 0.15) is 20.3 Å². The summed E-state index contributed by atoms with van der Waals surface area (Å²) in [7, 11) is 0. The Balaban J connectivity index is 3.94. The quantitative estimate of drug-likeness (QED) is 0.364. The summed E-state index contributed by atoms with van der Waals surface area (Å²) in [6.07, 6.45) is 0.869. The molecule has 6 nitrogen and oxygen atoms in total. The highest BCUT2D eigenvalue weighted by molar-refractivity contribution is 4.50. The largest absolute Gasteiger partial charge is 0.569 e. The topological polar surface area (TPSA) is 87.9 Å². The number of hydrogen-bond acceptors (Lipinski definition) is 3. The molecule has 0 aromatic heterocycles. The van der Waals surface area contributed by atoms with Crippen LogP contribution in [0.3, 0.4) is 0 Å². The molecular formula is C7H18N4O2. The molecule has 0 aliphatic rings. The summed E-state index contributed by atoms with van der Waals surface area (Å²) >= 11 is 0. The summed E-state index contributed by atoms with van der Waals surface area (Å²) in [6, 6.07) is 0. The highest BCUT2D eigenvalue weighted by Crippen LogP contribution is 2.01. The molecule has 13 heavy (non-hydrogen) atoms. The summed E-state index contributed by atoms with van der Waals surface area (Å²) < 4.78 is 0. The number of rotatable bonds is 6. The molecule has 0 spiro atoms. The maximum absolute atomic E-state index is 10.9. The van der Waals surface area contributed by atoms with Crippen LogP contribution in [0.4, 0.5) is 0 Å². The van der Waals surface area contributed by atoms with Crippen molar-refractivity contribution in [2.45, 2.75) is 20.3 Å². The minimum absolute atomic E-state index is 0.176. The van der Waals surface area contributed by atoms with Crippen LogP contribution in [0, 0.1) is 11.1 Å². The molecule has 0 amide bonds. The lowest BCUT2D eigenvalue weighted by molar-refractivity contribution is -0.709. The molecule has 0 fully saturated rings. The second kappa shape index (κ2) is 6.47. The van der Waals surface area contributed by atoms with Gasteiger partial charge in [-0.2, -0.15) is 0 Å². The van der Waals surface area contributed by atoms with Crippen molar-refractivity contribution in [1.29, 1.82) is 0 Å². The second-order valence-corrected chi connectivity index (χ2v) is 3.27. The van der Waals surface area contributed by atoms with Crippen molar-refractivity contribution in [3.63, 3.8) is 0 Å². The Morgan fingerprint density at radius 2 is 2.15 bits per heavy atom. The second-order valence-electron chi connectivity index (χ2n) is 3.27. The maximum atomic E-state index is 10.9. The van der Waals surface area contributed by atoms with Crippen molar-refractivity contribution in [2.24, 2.45) is 16.9 Å². The molecule has 0 saturated carbocycles. The van der Waals surface area contributed by atoms with Gasteiger partial charge in [-0.3, -0.25) is 0 Å². The van der Waals surface area contributed by atoms with E-state index in [1.54, 1.807) is 0 Å². The first-order chi connectivity index (χ1) is 6.11. The van der Waals surface area contributed by atoms with Crippen LogP contribution in [-0.2, 0) is 0 Å². The number of hydrogen-bond donors (Lipinski definition) is 2. The molecule has 0 saturated heterocycles. The Hall–Kier alpha value is -1.04. The van der Waals surface area contributed by atoms with Gasteiger partial charge in [-0.15, -0.1) is 5.01 Å². The van der Waals surface area contributed by atoms with Gasteiger partial charge in [0.1, 0.15) is 0 Å². The summed E-state index contributed by atoms with van der Waals surface area (Å²) in [6.45, 7) is 5.45. The predicted molar refractivity (Wildman–Crippen MR) is 47.9 cm³/mol. The van der Waals surface area contributed by atoms with Crippen LogP contribution in [-0.4, -0.2) is 34.8 Å². The zero-order valence-corrected chi connectivity index (χ0v) is 8.18. The average molecular weight is 190 g/mol. The van der Waals surface area contributed by atoms with Gasteiger partial charge in [0.2, 0.25) is 5.28 Å². The zero-order chi connectivity index (χ0) is 10.3. The highest BCUT2D eigenvalue weighted by Gasteiger charge is 2.11. The van der Waals surface area contributed by atoms with Crippen LogP contribution in [0.15, 0.2) is 5.28 Å². The number of hydrazine groups is 1. The third-order valence-corrected chi connectivity index (χ3v) is 1.67. The first-order valence-electron chi connectivity index (χ1n) is 4.39. The smallest absolute Gasteiger partial charge is 0.230 e. The molecule has 0 heterocycles. The van der Waals surface area contributed by atoms with Crippen molar-refractivity contribution < 1.29 is 10.2 Å². The van der Waals surface area contributed by atoms with Crippen LogP contribution >= 0.6 is 0 Å². The Labute approximate surface area is 78.2 Å². The number of nitrogens with two attached hydrogens (primary N) is 1. The van der Waals surface area contributed by atoms with Gasteiger partial charge in [0.15, 0.2) is 0 Å². The van der Waals surface area contributed by atoms with E-state index in [4.69, 9.17) is 10.9 Å². The van der Waals surface area contributed by atoms with Crippen molar-refractivity contribution >= 4 is 0 Å².